The monoisotopic (exact) mass is 409 g/mol. The second-order valence-corrected chi connectivity index (χ2v) is 6.65. The van der Waals surface area contributed by atoms with Crippen molar-refractivity contribution >= 4 is 39.8 Å². The molecular formula is C13H10F2INO2S. The lowest BCUT2D eigenvalue weighted by Gasteiger charge is -2.06. The largest absolute Gasteiger partial charge is 0.435 e. The second kappa shape index (κ2) is 6.98. The smallest absolute Gasteiger partial charge is 0.387 e. The Hall–Kier alpha value is -1.22. The van der Waals surface area contributed by atoms with Gasteiger partial charge in [-0.3, -0.25) is 4.79 Å². The van der Waals surface area contributed by atoms with Crippen LogP contribution in [0.3, 0.4) is 0 Å². The topological polar surface area (TPSA) is 38.3 Å². The summed E-state index contributed by atoms with van der Waals surface area (Å²) in [6.07, 6.45) is 0. The van der Waals surface area contributed by atoms with Crippen LogP contribution in [0.4, 0.5) is 8.78 Å². The van der Waals surface area contributed by atoms with Gasteiger partial charge in [-0.05, 0) is 46.4 Å². The molecule has 1 N–H and O–H groups in total. The van der Waals surface area contributed by atoms with E-state index < -0.39 is 6.61 Å². The van der Waals surface area contributed by atoms with Crippen LogP contribution in [0.25, 0.3) is 0 Å². The molecule has 0 atom stereocenters. The van der Waals surface area contributed by atoms with E-state index >= 15 is 0 Å². The van der Waals surface area contributed by atoms with Crippen molar-refractivity contribution in [2.75, 3.05) is 0 Å². The predicted molar refractivity (Wildman–Crippen MR) is 81.3 cm³/mol. The number of carbonyl (C=O) groups is 1. The Morgan fingerprint density at radius 1 is 1.35 bits per heavy atom. The van der Waals surface area contributed by atoms with Crippen LogP contribution < -0.4 is 10.1 Å². The van der Waals surface area contributed by atoms with Crippen LogP contribution in [0.5, 0.6) is 5.75 Å². The van der Waals surface area contributed by atoms with Gasteiger partial charge < -0.3 is 10.1 Å². The van der Waals surface area contributed by atoms with Crippen molar-refractivity contribution < 1.29 is 18.3 Å². The van der Waals surface area contributed by atoms with Crippen LogP contribution in [0, 0.1) is 2.88 Å². The lowest BCUT2D eigenvalue weighted by Crippen LogP contribution is -2.22. The standard InChI is InChI=1S/C13H10F2INO2S/c14-13(15)19-10-3-1-8(2-4-10)6-17-12(18)9-5-11(16)20-7-9/h1-5,7,13H,6H2,(H,17,18). The fourth-order valence-corrected chi connectivity index (χ4v) is 2.83. The molecule has 0 aliphatic heterocycles. The van der Waals surface area contributed by atoms with E-state index in [9.17, 15) is 13.6 Å². The average Bonchev–Trinajstić information content (AvgIpc) is 2.84. The minimum Gasteiger partial charge on any atom is -0.435 e. The number of amides is 1. The van der Waals surface area contributed by atoms with Crippen molar-refractivity contribution in [2.45, 2.75) is 13.2 Å². The fraction of sp³-hybridized carbons (Fsp3) is 0.154. The molecule has 7 heteroatoms. The van der Waals surface area contributed by atoms with Crippen LogP contribution >= 0.6 is 33.9 Å². The zero-order valence-electron chi connectivity index (χ0n) is 10.1. The molecule has 0 saturated carbocycles. The molecule has 1 aromatic carbocycles. The molecule has 2 rings (SSSR count). The number of thiophene rings is 1. The van der Waals surface area contributed by atoms with Crippen LogP contribution in [-0.4, -0.2) is 12.5 Å². The maximum Gasteiger partial charge on any atom is 0.387 e. The SMILES string of the molecule is O=C(NCc1ccc(OC(F)F)cc1)c1csc(I)c1. The number of rotatable bonds is 5. The molecule has 0 aliphatic carbocycles. The molecular weight excluding hydrogens is 399 g/mol. The van der Waals surface area contributed by atoms with E-state index in [1.165, 1.54) is 23.5 Å². The Bertz CT molecular complexity index is 586. The first-order chi connectivity index (χ1) is 9.54. The molecule has 1 heterocycles. The molecule has 0 radical (unpaired) electrons. The first-order valence-electron chi connectivity index (χ1n) is 5.60. The minimum atomic E-state index is -2.83. The van der Waals surface area contributed by atoms with Gasteiger partial charge in [0.15, 0.2) is 0 Å². The molecule has 0 unspecified atom stereocenters. The highest BCUT2D eigenvalue weighted by atomic mass is 127. The molecule has 3 nitrogen and oxygen atoms in total. The lowest BCUT2D eigenvalue weighted by atomic mass is 10.2. The number of hydrogen-bond donors (Lipinski definition) is 1. The summed E-state index contributed by atoms with van der Waals surface area (Å²) in [5, 5.41) is 4.55. The molecule has 20 heavy (non-hydrogen) atoms. The predicted octanol–water partition coefficient (Wildman–Crippen LogP) is 3.88. The van der Waals surface area contributed by atoms with Crippen molar-refractivity contribution in [3.8, 4) is 5.75 Å². The van der Waals surface area contributed by atoms with Gasteiger partial charge in [0, 0.05) is 11.9 Å². The van der Waals surface area contributed by atoms with Gasteiger partial charge in [0.25, 0.3) is 5.91 Å². The number of halogens is 3. The highest BCUT2D eigenvalue weighted by Gasteiger charge is 2.08. The highest BCUT2D eigenvalue weighted by Crippen LogP contribution is 2.17. The summed E-state index contributed by atoms with van der Waals surface area (Å²) in [6.45, 7) is -2.50. The van der Waals surface area contributed by atoms with E-state index in [2.05, 4.69) is 32.6 Å². The number of ether oxygens (including phenoxy) is 1. The summed E-state index contributed by atoms with van der Waals surface area (Å²) in [7, 11) is 0. The first kappa shape index (κ1) is 15.2. The molecule has 0 saturated heterocycles. The number of alkyl halides is 2. The molecule has 0 bridgehead atoms. The Kier molecular flexibility index (Phi) is 5.30. The molecule has 2 aromatic rings. The zero-order valence-corrected chi connectivity index (χ0v) is 13.1. The van der Waals surface area contributed by atoms with E-state index in [4.69, 9.17) is 0 Å². The van der Waals surface area contributed by atoms with Gasteiger partial charge in [0.1, 0.15) is 5.75 Å². The van der Waals surface area contributed by atoms with Crippen LogP contribution in [0.1, 0.15) is 15.9 Å². The van der Waals surface area contributed by atoms with Gasteiger partial charge in [-0.25, -0.2) is 0 Å². The summed E-state index contributed by atoms with van der Waals surface area (Å²) in [5.74, 6) is -0.0560. The summed E-state index contributed by atoms with van der Waals surface area (Å²) in [6, 6.07) is 7.97. The van der Waals surface area contributed by atoms with Gasteiger partial charge in [0.2, 0.25) is 0 Å². The maximum atomic E-state index is 12.0. The van der Waals surface area contributed by atoms with E-state index in [1.54, 1.807) is 23.6 Å². The van der Waals surface area contributed by atoms with Crippen molar-refractivity contribution in [2.24, 2.45) is 0 Å². The highest BCUT2D eigenvalue weighted by molar-refractivity contribution is 14.1. The first-order valence-corrected chi connectivity index (χ1v) is 7.56. The molecule has 0 aliphatic rings. The Morgan fingerprint density at radius 3 is 2.60 bits per heavy atom. The fourth-order valence-electron chi connectivity index (χ4n) is 1.50. The van der Waals surface area contributed by atoms with E-state index in [-0.39, 0.29) is 11.7 Å². The minimum absolute atomic E-state index is 0.0995. The maximum absolute atomic E-state index is 12.0. The van der Waals surface area contributed by atoms with Crippen molar-refractivity contribution in [1.29, 1.82) is 0 Å². The lowest BCUT2D eigenvalue weighted by molar-refractivity contribution is -0.0498. The summed E-state index contributed by atoms with van der Waals surface area (Å²) < 4.78 is 29.3. The molecule has 0 fully saturated rings. The molecule has 1 aromatic heterocycles. The number of hydrogen-bond acceptors (Lipinski definition) is 3. The zero-order chi connectivity index (χ0) is 14.5. The molecule has 1 amide bonds. The van der Waals surface area contributed by atoms with Crippen molar-refractivity contribution in [3.05, 3.63) is 49.7 Å². The van der Waals surface area contributed by atoms with Crippen LogP contribution in [0.15, 0.2) is 35.7 Å². The van der Waals surface area contributed by atoms with E-state index in [1.807, 2.05) is 0 Å². The van der Waals surface area contributed by atoms with Crippen LogP contribution in [-0.2, 0) is 6.54 Å². The Morgan fingerprint density at radius 2 is 2.05 bits per heavy atom. The van der Waals surface area contributed by atoms with Crippen molar-refractivity contribution in [3.63, 3.8) is 0 Å². The van der Waals surface area contributed by atoms with E-state index in [0.717, 1.165) is 8.45 Å². The van der Waals surface area contributed by atoms with Gasteiger partial charge in [-0.15, -0.1) is 11.3 Å². The second-order valence-electron chi connectivity index (χ2n) is 3.84. The number of benzene rings is 1. The summed E-state index contributed by atoms with van der Waals surface area (Å²) in [4.78, 5) is 11.8. The normalized spacial score (nSPS) is 10.6. The third-order valence-electron chi connectivity index (χ3n) is 2.43. The van der Waals surface area contributed by atoms with Crippen molar-refractivity contribution in [1.82, 2.24) is 5.32 Å². The van der Waals surface area contributed by atoms with Crippen LogP contribution in [0.2, 0.25) is 0 Å². The van der Waals surface area contributed by atoms with Gasteiger partial charge in [-0.1, -0.05) is 12.1 Å². The Labute approximate surface area is 132 Å². The van der Waals surface area contributed by atoms with Gasteiger partial charge in [0.05, 0.1) is 8.45 Å². The summed E-state index contributed by atoms with van der Waals surface area (Å²) >= 11 is 3.65. The molecule has 106 valence electrons. The quantitative estimate of drug-likeness (QED) is 0.762. The van der Waals surface area contributed by atoms with Gasteiger partial charge in [-0.2, -0.15) is 8.78 Å². The number of carbonyl (C=O) groups excluding carboxylic acids is 1. The average molecular weight is 409 g/mol. The summed E-state index contributed by atoms with van der Waals surface area (Å²) in [5.41, 5.74) is 1.43. The Balaban J connectivity index is 1.89. The molecule has 0 spiro atoms. The van der Waals surface area contributed by atoms with Gasteiger partial charge >= 0.3 is 6.61 Å². The third-order valence-corrected chi connectivity index (χ3v) is 4.22. The third kappa shape index (κ3) is 4.41. The van der Waals surface area contributed by atoms with E-state index in [0.29, 0.717) is 12.1 Å². The number of nitrogens with one attached hydrogen (secondary N) is 1.